The summed E-state index contributed by atoms with van der Waals surface area (Å²) in [4.78, 5) is 30.1. The lowest BCUT2D eigenvalue weighted by atomic mass is 10.2. The van der Waals surface area contributed by atoms with Crippen LogP contribution < -0.4 is 11.1 Å². The molecule has 0 radical (unpaired) electrons. The van der Waals surface area contributed by atoms with Crippen LogP contribution in [0.1, 0.15) is 5.69 Å². The van der Waals surface area contributed by atoms with Crippen LogP contribution in [0.4, 0.5) is 0 Å². The van der Waals surface area contributed by atoms with E-state index in [9.17, 15) is 9.59 Å². The zero-order valence-corrected chi connectivity index (χ0v) is 14.9. The average Bonchev–Trinajstić information content (AvgIpc) is 3.03. The third-order valence-corrected chi connectivity index (χ3v) is 4.71. The highest BCUT2D eigenvalue weighted by molar-refractivity contribution is 6.30. The van der Waals surface area contributed by atoms with Crippen LogP contribution >= 0.6 is 11.6 Å². The monoisotopic (exact) mass is 377 g/mol. The minimum atomic E-state index is -0.305. The van der Waals surface area contributed by atoms with E-state index in [2.05, 4.69) is 10.1 Å². The van der Waals surface area contributed by atoms with E-state index in [1.807, 2.05) is 12.1 Å². The SMILES string of the molecule is Cc1cc(=O)n2nc3n(-c4ccc(Cl)cc4)c(=O)c4ccccc4n3c2n1. The van der Waals surface area contributed by atoms with Crippen molar-refractivity contribution in [3.8, 4) is 5.69 Å². The number of nitrogens with zero attached hydrogens (tertiary/aromatic N) is 5. The molecule has 0 atom stereocenters. The van der Waals surface area contributed by atoms with Gasteiger partial charge in [0.25, 0.3) is 11.1 Å². The van der Waals surface area contributed by atoms with Crippen molar-refractivity contribution >= 4 is 34.1 Å². The first-order valence-corrected chi connectivity index (χ1v) is 8.61. The number of rotatable bonds is 1. The van der Waals surface area contributed by atoms with Gasteiger partial charge in [0.2, 0.25) is 11.6 Å². The first-order chi connectivity index (χ1) is 13.0. The Morgan fingerprint density at radius 3 is 2.48 bits per heavy atom. The van der Waals surface area contributed by atoms with Gasteiger partial charge in [-0.2, -0.15) is 4.52 Å². The normalized spacial score (nSPS) is 11.6. The molecule has 0 aliphatic heterocycles. The molecule has 3 aromatic heterocycles. The van der Waals surface area contributed by atoms with Crippen molar-refractivity contribution in [1.82, 2.24) is 23.6 Å². The van der Waals surface area contributed by atoms with Gasteiger partial charge in [-0.1, -0.05) is 23.7 Å². The van der Waals surface area contributed by atoms with Gasteiger partial charge in [0.15, 0.2) is 0 Å². The van der Waals surface area contributed by atoms with Crippen molar-refractivity contribution in [2.24, 2.45) is 0 Å². The first kappa shape index (κ1) is 15.8. The van der Waals surface area contributed by atoms with Gasteiger partial charge in [0.05, 0.1) is 16.6 Å². The predicted octanol–water partition coefficient (Wildman–Crippen LogP) is 2.61. The predicted molar refractivity (Wildman–Crippen MR) is 103 cm³/mol. The lowest BCUT2D eigenvalue weighted by Gasteiger charge is -2.10. The van der Waals surface area contributed by atoms with Crippen LogP contribution in [0.2, 0.25) is 5.02 Å². The average molecular weight is 378 g/mol. The summed E-state index contributed by atoms with van der Waals surface area (Å²) in [6.07, 6.45) is 0. The van der Waals surface area contributed by atoms with Gasteiger partial charge in [0, 0.05) is 16.8 Å². The fraction of sp³-hybridized carbons (Fsp3) is 0.0526. The van der Waals surface area contributed by atoms with Gasteiger partial charge < -0.3 is 0 Å². The molecule has 5 aromatic rings. The Morgan fingerprint density at radius 1 is 0.963 bits per heavy atom. The summed E-state index contributed by atoms with van der Waals surface area (Å²) in [6.45, 7) is 1.75. The third-order valence-electron chi connectivity index (χ3n) is 4.46. The minimum Gasteiger partial charge on any atom is -0.268 e. The Kier molecular flexibility index (Phi) is 3.23. The molecule has 132 valence electrons. The Balaban J connectivity index is 2.10. The summed E-state index contributed by atoms with van der Waals surface area (Å²) < 4.78 is 4.39. The van der Waals surface area contributed by atoms with Gasteiger partial charge in [-0.3, -0.25) is 9.59 Å². The Bertz CT molecular complexity index is 1480. The molecule has 8 heteroatoms. The van der Waals surface area contributed by atoms with Crippen molar-refractivity contribution in [2.75, 3.05) is 0 Å². The largest absolute Gasteiger partial charge is 0.276 e. The first-order valence-electron chi connectivity index (χ1n) is 8.23. The highest BCUT2D eigenvalue weighted by Gasteiger charge is 2.18. The standard InChI is InChI=1S/C19H12ClN5O2/c1-11-10-16(26)25-18(21-11)24-15-5-3-2-4-14(15)17(27)23(19(24)22-25)13-8-6-12(20)7-9-13/h2-10H,1H3. The molecule has 0 aliphatic rings. The van der Waals surface area contributed by atoms with Crippen molar-refractivity contribution in [1.29, 1.82) is 0 Å². The maximum Gasteiger partial charge on any atom is 0.276 e. The summed E-state index contributed by atoms with van der Waals surface area (Å²) in [5.41, 5.74) is 1.27. The number of benzene rings is 2. The fourth-order valence-corrected chi connectivity index (χ4v) is 3.41. The summed E-state index contributed by atoms with van der Waals surface area (Å²) in [5.74, 6) is 0.658. The molecule has 0 saturated carbocycles. The molecule has 0 saturated heterocycles. The zero-order chi connectivity index (χ0) is 18.7. The van der Waals surface area contributed by atoms with Gasteiger partial charge >= 0.3 is 0 Å². The molecule has 0 spiro atoms. The van der Waals surface area contributed by atoms with Crippen LogP contribution in [0.25, 0.3) is 28.1 Å². The molecule has 0 unspecified atom stereocenters. The highest BCUT2D eigenvalue weighted by Crippen LogP contribution is 2.19. The maximum atomic E-state index is 13.2. The van der Waals surface area contributed by atoms with Crippen molar-refractivity contribution in [2.45, 2.75) is 6.92 Å². The van der Waals surface area contributed by atoms with Gasteiger partial charge in [0.1, 0.15) is 0 Å². The summed E-state index contributed by atoms with van der Waals surface area (Å²) >= 11 is 5.99. The highest BCUT2D eigenvalue weighted by atomic mass is 35.5. The minimum absolute atomic E-state index is 0.236. The quantitative estimate of drug-likeness (QED) is 0.450. The van der Waals surface area contributed by atoms with Crippen molar-refractivity contribution in [3.05, 3.63) is 86.0 Å². The lowest BCUT2D eigenvalue weighted by Crippen LogP contribution is -2.21. The smallest absolute Gasteiger partial charge is 0.268 e. The van der Waals surface area contributed by atoms with E-state index in [0.29, 0.717) is 38.9 Å². The number of aromatic nitrogens is 5. The number of aryl methyl sites for hydroxylation is 1. The van der Waals surface area contributed by atoms with E-state index in [1.54, 1.807) is 47.7 Å². The second-order valence-electron chi connectivity index (χ2n) is 6.22. The van der Waals surface area contributed by atoms with E-state index in [1.165, 1.54) is 15.1 Å². The summed E-state index contributed by atoms with van der Waals surface area (Å²) in [6, 6.07) is 15.5. The van der Waals surface area contributed by atoms with E-state index >= 15 is 0 Å². The fourth-order valence-electron chi connectivity index (χ4n) is 3.28. The second kappa shape index (κ2) is 5.52. The second-order valence-corrected chi connectivity index (χ2v) is 6.65. The molecule has 5 rings (SSSR count). The van der Waals surface area contributed by atoms with Gasteiger partial charge in [-0.15, -0.1) is 5.10 Å². The van der Waals surface area contributed by atoms with Crippen molar-refractivity contribution in [3.63, 3.8) is 0 Å². The number of fused-ring (bicyclic) bond motifs is 5. The number of para-hydroxylation sites is 1. The molecule has 0 amide bonds. The molecule has 0 fully saturated rings. The molecule has 0 aliphatic carbocycles. The summed E-state index contributed by atoms with van der Waals surface area (Å²) in [5, 5.41) is 5.46. The lowest BCUT2D eigenvalue weighted by molar-refractivity contribution is 0.882. The van der Waals surface area contributed by atoms with Gasteiger partial charge in [-0.25, -0.2) is 14.0 Å². The van der Waals surface area contributed by atoms with Crippen LogP contribution in [0, 0.1) is 6.92 Å². The van der Waals surface area contributed by atoms with Crippen molar-refractivity contribution < 1.29 is 0 Å². The number of halogens is 1. The number of hydrogen-bond donors (Lipinski definition) is 0. The van der Waals surface area contributed by atoms with Crippen LogP contribution in [-0.4, -0.2) is 23.6 Å². The van der Waals surface area contributed by atoms with E-state index in [-0.39, 0.29) is 11.1 Å². The van der Waals surface area contributed by atoms with Crippen LogP contribution in [-0.2, 0) is 0 Å². The zero-order valence-electron chi connectivity index (χ0n) is 14.1. The molecule has 7 nitrogen and oxygen atoms in total. The molecule has 0 N–H and O–H groups in total. The van der Waals surface area contributed by atoms with E-state index in [4.69, 9.17) is 11.6 Å². The van der Waals surface area contributed by atoms with Crippen LogP contribution in [0.3, 0.4) is 0 Å². The topological polar surface area (TPSA) is 73.7 Å². The van der Waals surface area contributed by atoms with Crippen LogP contribution in [0.15, 0.2) is 64.2 Å². The Hall–Kier alpha value is -3.45. The molecule has 27 heavy (non-hydrogen) atoms. The molecule has 3 heterocycles. The number of hydrogen-bond acceptors (Lipinski definition) is 4. The molecule has 0 bridgehead atoms. The molecular formula is C19H12ClN5O2. The van der Waals surface area contributed by atoms with E-state index in [0.717, 1.165) is 0 Å². The Morgan fingerprint density at radius 2 is 1.70 bits per heavy atom. The maximum absolute atomic E-state index is 13.2. The van der Waals surface area contributed by atoms with Gasteiger partial charge in [-0.05, 0) is 43.3 Å². The molecule has 2 aromatic carbocycles. The van der Waals surface area contributed by atoms with E-state index < -0.39 is 0 Å². The van der Waals surface area contributed by atoms with Crippen LogP contribution in [0.5, 0.6) is 0 Å². The summed E-state index contributed by atoms with van der Waals surface area (Å²) in [7, 11) is 0. The molecular weight excluding hydrogens is 366 g/mol. The third kappa shape index (κ3) is 2.22. The Labute approximate surface area is 156 Å².